The second-order valence-electron chi connectivity index (χ2n) is 9.82. The highest BCUT2D eigenvalue weighted by Gasteiger charge is 2.32. The number of imidazole rings is 1. The van der Waals surface area contributed by atoms with Crippen LogP contribution in [0.25, 0.3) is 11.0 Å². The molecule has 1 fully saturated rings. The maximum Gasteiger partial charge on any atom is 0.425 e. The van der Waals surface area contributed by atoms with Gasteiger partial charge in [-0.25, -0.2) is 14.8 Å². The number of benzene rings is 1. The lowest BCUT2D eigenvalue weighted by Gasteiger charge is -2.30. The standard InChI is InChI=1S/C27H24ClF3N4O4S/c28-19-9-15-5-7-34(12-21(15)33-25(19)39-14-18-2-4-23(40-18)27(29,30)31)13-24-32-20-3-1-16(26(36)37)10-22(20)35(24)11-17-6-8-38-17/h1-4,9-10,17H,5-8,11-14H2,(H,36,37)/t17-/m0/s1. The molecule has 40 heavy (non-hydrogen) atoms. The van der Waals surface area contributed by atoms with Crippen LogP contribution in [-0.2, 0) is 43.6 Å². The minimum atomic E-state index is -4.39. The first-order valence-electron chi connectivity index (χ1n) is 12.7. The van der Waals surface area contributed by atoms with E-state index in [2.05, 4.69) is 9.88 Å². The molecular weight excluding hydrogens is 569 g/mol. The van der Waals surface area contributed by atoms with E-state index in [-0.39, 0.29) is 24.2 Å². The van der Waals surface area contributed by atoms with Crippen molar-refractivity contribution in [3.05, 3.63) is 73.8 Å². The molecule has 3 aromatic heterocycles. The van der Waals surface area contributed by atoms with Crippen molar-refractivity contribution in [2.24, 2.45) is 0 Å². The quantitative estimate of drug-likeness (QED) is 0.277. The Bertz CT molecular complexity index is 1580. The van der Waals surface area contributed by atoms with Crippen LogP contribution in [0.4, 0.5) is 13.2 Å². The topological polar surface area (TPSA) is 89.7 Å². The minimum absolute atomic E-state index is 0.0609. The lowest BCUT2D eigenvalue weighted by molar-refractivity contribution is -0.134. The fourth-order valence-corrected chi connectivity index (χ4v) is 5.93. The second kappa shape index (κ2) is 10.7. The molecule has 0 amide bonds. The number of halogens is 4. The number of thiophene rings is 1. The molecule has 1 atom stereocenters. The van der Waals surface area contributed by atoms with E-state index in [0.29, 0.717) is 53.9 Å². The molecule has 4 aromatic rings. The Hall–Kier alpha value is -3.19. The molecule has 1 N–H and O–H groups in total. The van der Waals surface area contributed by atoms with Crippen molar-refractivity contribution in [3.63, 3.8) is 0 Å². The fraction of sp³-hybridized carbons (Fsp3) is 0.370. The minimum Gasteiger partial charge on any atom is -0.478 e. The van der Waals surface area contributed by atoms with Crippen LogP contribution in [0.5, 0.6) is 5.88 Å². The first-order valence-corrected chi connectivity index (χ1v) is 13.9. The lowest BCUT2D eigenvalue weighted by Crippen LogP contribution is -2.34. The SMILES string of the molecule is O=C(O)c1ccc2nc(CN3CCc4cc(Cl)c(OCc5ccc(C(F)(F)F)s5)nc4C3)n(C[C@@H]3CCO3)c2c1. The first-order chi connectivity index (χ1) is 19.1. The van der Waals surface area contributed by atoms with Gasteiger partial charge in [0.2, 0.25) is 5.88 Å². The van der Waals surface area contributed by atoms with Gasteiger partial charge in [0.05, 0.1) is 41.5 Å². The van der Waals surface area contributed by atoms with Crippen LogP contribution in [0.1, 0.15) is 43.6 Å². The zero-order valence-corrected chi connectivity index (χ0v) is 22.7. The van der Waals surface area contributed by atoms with E-state index in [1.807, 2.05) is 10.6 Å². The summed E-state index contributed by atoms with van der Waals surface area (Å²) in [5, 5.41) is 9.80. The van der Waals surface area contributed by atoms with Crippen LogP contribution in [-0.4, -0.2) is 49.8 Å². The number of ether oxygens (including phenoxy) is 2. The van der Waals surface area contributed by atoms with Crippen molar-refractivity contribution in [2.45, 2.75) is 51.4 Å². The molecular formula is C27H24ClF3N4O4S. The molecule has 1 saturated heterocycles. The average Bonchev–Trinajstić information content (AvgIpc) is 3.49. The van der Waals surface area contributed by atoms with E-state index in [1.165, 1.54) is 6.07 Å². The Morgan fingerprint density at radius 3 is 2.75 bits per heavy atom. The highest BCUT2D eigenvalue weighted by molar-refractivity contribution is 7.12. The third kappa shape index (κ3) is 5.53. The van der Waals surface area contributed by atoms with Gasteiger partial charge in [-0.15, -0.1) is 11.3 Å². The molecule has 0 aliphatic carbocycles. The van der Waals surface area contributed by atoms with Gasteiger partial charge >= 0.3 is 12.1 Å². The van der Waals surface area contributed by atoms with E-state index >= 15 is 0 Å². The number of carboxylic acids is 1. The normalized spacial score (nSPS) is 17.6. The van der Waals surface area contributed by atoms with Gasteiger partial charge in [0.1, 0.15) is 22.3 Å². The molecule has 0 radical (unpaired) electrons. The predicted molar refractivity (Wildman–Crippen MR) is 142 cm³/mol. The predicted octanol–water partition coefficient (Wildman–Crippen LogP) is 5.79. The summed E-state index contributed by atoms with van der Waals surface area (Å²) in [5.41, 5.74) is 3.45. The van der Waals surface area contributed by atoms with Crippen molar-refractivity contribution in [3.8, 4) is 5.88 Å². The van der Waals surface area contributed by atoms with Crippen LogP contribution < -0.4 is 4.74 Å². The van der Waals surface area contributed by atoms with Crippen LogP contribution >= 0.6 is 22.9 Å². The number of pyridine rings is 1. The van der Waals surface area contributed by atoms with Crippen LogP contribution in [0, 0.1) is 0 Å². The van der Waals surface area contributed by atoms with Gasteiger partial charge in [0.15, 0.2) is 0 Å². The van der Waals surface area contributed by atoms with Gasteiger partial charge in [-0.1, -0.05) is 11.6 Å². The zero-order valence-electron chi connectivity index (χ0n) is 21.1. The summed E-state index contributed by atoms with van der Waals surface area (Å²) in [4.78, 5) is 22.9. The van der Waals surface area contributed by atoms with E-state index in [0.717, 1.165) is 47.1 Å². The van der Waals surface area contributed by atoms with Crippen LogP contribution in [0.15, 0.2) is 36.4 Å². The van der Waals surface area contributed by atoms with Crippen molar-refractivity contribution < 1.29 is 32.5 Å². The first kappa shape index (κ1) is 27.0. The Labute approximate surface area is 235 Å². The van der Waals surface area contributed by atoms with Gasteiger partial charge < -0.3 is 19.1 Å². The van der Waals surface area contributed by atoms with E-state index < -0.39 is 17.0 Å². The molecule has 6 rings (SSSR count). The lowest BCUT2D eigenvalue weighted by atomic mass is 10.1. The van der Waals surface area contributed by atoms with Gasteiger partial charge in [-0.3, -0.25) is 4.90 Å². The van der Waals surface area contributed by atoms with Crippen LogP contribution in [0.2, 0.25) is 5.02 Å². The zero-order chi connectivity index (χ0) is 28.0. The van der Waals surface area contributed by atoms with Gasteiger partial charge in [-0.2, -0.15) is 13.2 Å². The van der Waals surface area contributed by atoms with E-state index in [1.54, 1.807) is 18.2 Å². The number of aromatic nitrogens is 3. The Morgan fingerprint density at radius 2 is 2.05 bits per heavy atom. The summed E-state index contributed by atoms with van der Waals surface area (Å²) < 4.78 is 52.2. The molecule has 13 heteroatoms. The van der Waals surface area contributed by atoms with Crippen molar-refractivity contribution in [1.29, 1.82) is 0 Å². The Kier molecular flexibility index (Phi) is 7.19. The number of carboxylic acid groups (broad SMARTS) is 1. The number of alkyl halides is 3. The Balaban J connectivity index is 1.20. The summed E-state index contributed by atoms with van der Waals surface area (Å²) in [6.45, 7) is 2.99. The average molecular weight is 593 g/mol. The number of carbonyl (C=O) groups is 1. The summed E-state index contributed by atoms with van der Waals surface area (Å²) in [7, 11) is 0. The summed E-state index contributed by atoms with van der Waals surface area (Å²) in [6, 6.07) is 9.17. The number of hydrogen-bond donors (Lipinski definition) is 1. The monoisotopic (exact) mass is 592 g/mol. The molecule has 2 aliphatic rings. The van der Waals surface area contributed by atoms with Crippen molar-refractivity contribution >= 4 is 39.9 Å². The molecule has 0 spiro atoms. The molecule has 1 aromatic carbocycles. The highest BCUT2D eigenvalue weighted by Crippen LogP contribution is 2.36. The smallest absolute Gasteiger partial charge is 0.425 e. The van der Waals surface area contributed by atoms with Crippen molar-refractivity contribution in [2.75, 3.05) is 13.2 Å². The van der Waals surface area contributed by atoms with Gasteiger partial charge in [0, 0.05) is 24.6 Å². The molecule has 0 unspecified atom stereocenters. The van der Waals surface area contributed by atoms with E-state index in [4.69, 9.17) is 26.1 Å². The summed E-state index contributed by atoms with van der Waals surface area (Å²) in [6.07, 6.45) is -2.69. The maximum atomic E-state index is 12.9. The Morgan fingerprint density at radius 1 is 1.23 bits per heavy atom. The largest absolute Gasteiger partial charge is 0.478 e. The molecule has 2 aliphatic heterocycles. The maximum absolute atomic E-state index is 12.9. The molecule has 0 bridgehead atoms. The molecule has 0 saturated carbocycles. The highest BCUT2D eigenvalue weighted by atomic mass is 35.5. The number of fused-ring (bicyclic) bond motifs is 2. The number of aromatic carboxylic acids is 1. The molecule has 210 valence electrons. The van der Waals surface area contributed by atoms with Gasteiger partial charge in [-0.05, 0) is 54.8 Å². The van der Waals surface area contributed by atoms with E-state index in [9.17, 15) is 23.1 Å². The number of hydrogen-bond acceptors (Lipinski definition) is 7. The third-order valence-corrected chi connectivity index (χ3v) is 8.47. The second-order valence-corrected chi connectivity index (χ2v) is 11.4. The molecule has 5 heterocycles. The number of nitrogens with zero attached hydrogens (tertiary/aromatic N) is 4. The van der Waals surface area contributed by atoms with Crippen molar-refractivity contribution in [1.82, 2.24) is 19.4 Å². The molecule has 8 nitrogen and oxygen atoms in total. The summed E-state index contributed by atoms with van der Waals surface area (Å²) >= 11 is 7.03. The van der Waals surface area contributed by atoms with Crippen LogP contribution in [0.3, 0.4) is 0 Å². The van der Waals surface area contributed by atoms with Gasteiger partial charge in [0.25, 0.3) is 0 Å². The third-order valence-electron chi connectivity index (χ3n) is 7.09. The number of rotatable bonds is 8. The summed E-state index contributed by atoms with van der Waals surface area (Å²) in [5.74, 6) is -0.00810. The fourth-order valence-electron chi connectivity index (χ4n) is 4.91.